The fraction of sp³-hybridized carbons (Fsp3) is 0.250. The van der Waals surface area contributed by atoms with Crippen molar-refractivity contribution in [1.82, 2.24) is 10.3 Å². The summed E-state index contributed by atoms with van der Waals surface area (Å²) in [5, 5.41) is 3.06. The van der Waals surface area contributed by atoms with Gasteiger partial charge in [-0.15, -0.1) is 0 Å². The summed E-state index contributed by atoms with van der Waals surface area (Å²) < 4.78 is 13.0. The number of nitrogens with one attached hydrogen (secondary N) is 1. The number of hydrogen-bond acceptors (Lipinski definition) is 3. The van der Waals surface area contributed by atoms with E-state index in [1.807, 2.05) is 18.2 Å². The van der Waals surface area contributed by atoms with E-state index in [4.69, 9.17) is 11.6 Å². The highest BCUT2D eigenvalue weighted by molar-refractivity contribution is 6.33. The molecule has 0 saturated carbocycles. The summed E-state index contributed by atoms with van der Waals surface area (Å²) in [6, 6.07) is 9.55. The van der Waals surface area contributed by atoms with Crippen LogP contribution in [0.15, 0.2) is 42.6 Å². The van der Waals surface area contributed by atoms with Crippen LogP contribution in [-0.2, 0) is 0 Å². The monoisotopic (exact) mass is 319 g/mol. The minimum atomic E-state index is -0.455. The summed E-state index contributed by atoms with van der Waals surface area (Å²) in [6.45, 7) is 1.53. The van der Waals surface area contributed by atoms with Gasteiger partial charge in [0.2, 0.25) is 0 Å². The van der Waals surface area contributed by atoms with Gasteiger partial charge in [-0.25, -0.2) is 9.37 Å². The fourth-order valence-electron chi connectivity index (χ4n) is 2.56. The molecule has 1 saturated heterocycles. The Labute approximate surface area is 132 Å². The van der Waals surface area contributed by atoms with E-state index in [2.05, 4.69) is 15.2 Å². The van der Waals surface area contributed by atoms with E-state index >= 15 is 0 Å². The van der Waals surface area contributed by atoms with E-state index in [-0.39, 0.29) is 17.0 Å². The van der Waals surface area contributed by atoms with Crippen molar-refractivity contribution in [2.24, 2.45) is 0 Å². The standard InChI is InChI=1S/C16H15ClFN3O/c17-14-9-11(18)4-5-13(14)16(22)20-12-6-8-21(10-12)15-3-1-2-7-19-15/h1-5,7,9,12H,6,8,10H2,(H,20,22)/t12-/m1/s1. The van der Waals surface area contributed by atoms with Crippen LogP contribution in [-0.4, -0.2) is 30.0 Å². The number of amides is 1. The van der Waals surface area contributed by atoms with Crippen molar-refractivity contribution in [1.29, 1.82) is 0 Å². The van der Waals surface area contributed by atoms with E-state index in [0.29, 0.717) is 12.1 Å². The number of aromatic nitrogens is 1. The third-order valence-corrected chi connectivity index (χ3v) is 3.99. The smallest absolute Gasteiger partial charge is 0.253 e. The SMILES string of the molecule is O=C(N[C@@H]1CCN(c2ccccn2)C1)c1ccc(F)cc1Cl. The third-order valence-electron chi connectivity index (χ3n) is 3.67. The lowest BCUT2D eigenvalue weighted by atomic mass is 10.2. The Kier molecular flexibility index (Phi) is 4.24. The maximum absolute atomic E-state index is 13.0. The number of rotatable bonds is 3. The van der Waals surface area contributed by atoms with Crippen LogP contribution in [0, 0.1) is 5.82 Å². The molecule has 1 fully saturated rings. The molecule has 0 spiro atoms. The van der Waals surface area contributed by atoms with Crippen molar-refractivity contribution in [3.05, 3.63) is 59.0 Å². The van der Waals surface area contributed by atoms with Gasteiger partial charge in [-0.3, -0.25) is 4.79 Å². The van der Waals surface area contributed by atoms with E-state index in [1.54, 1.807) is 6.20 Å². The summed E-state index contributed by atoms with van der Waals surface area (Å²) >= 11 is 5.91. The first kappa shape index (κ1) is 14.8. The molecule has 1 aliphatic rings. The van der Waals surface area contributed by atoms with E-state index in [9.17, 15) is 9.18 Å². The molecule has 1 amide bonds. The molecule has 0 unspecified atom stereocenters. The van der Waals surface area contributed by atoms with Crippen molar-refractivity contribution in [2.75, 3.05) is 18.0 Å². The predicted molar refractivity (Wildman–Crippen MR) is 83.7 cm³/mol. The van der Waals surface area contributed by atoms with Gasteiger partial charge in [0.1, 0.15) is 11.6 Å². The second kappa shape index (κ2) is 6.32. The zero-order chi connectivity index (χ0) is 15.5. The molecule has 1 atom stereocenters. The topological polar surface area (TPSA) is 45.2 Å². The molecule has 2 aromatic rings. The zero-order valence-electron chi connectivity index (χ0n) is 11.8. The molecule has 0 radical (unpaired) electrons. The number of anilines is 1. The lowest BCUT2D eigenvalue weighted by Crippen LogP contribution is -2.37. The van der Waals surface area contributed by atoms with Crippen molar-refractivity contribution < 1.29 is 9.18 Å². The highest BCUT2D eigenvalue weighted by atomic mass is 35.5. The summed E-state index contributed by atoms with van der Waals surface area (Å²) in [5.74, 6) is 0.167. The van der Waals surface area contributed by atoms with Crippen molar-refractivity contribution >= 4 is 23.3 Å². The van der Waals surface area contributed by atoms with Crippen LogP contribution in [0.4, 0.5) is 10.2 Å². The van der Waals surface area contributed by atoms with Crippen molar-refractivity contribution in [3.63, 3.8) is 0 Å². The Bertz CT molecular complexity index is 680. The minimum absolute atomic E-state index is 0.0237. The minimum Gasteiger partial charge on any atom is -0.354 e. The molecule has 2 heterocycles. The zero-order valence-corrected chi connectivity index (χ0v) is 12.6. The van der Waals surface area contributed by atoms with Gasteiger partial charge in [-0.05, 0) is 36.8 Å². The van der Waals surface area contributed by atoms with E-state index < -0.39 is 5.82 Å². The summed E-state index contributed by atoms with van der Waals surface area (Å²) in [6.07, 6.45) is 2.58. The van der Waals surface area contributed by atoms with Crippen LogP contribution >= 0.6 is 11.6 Å². The number of benzene rings is 1. The van der Waals surface area contributed by atoms with E-state index in [1.165, 1.54) is 12.1 Å². The molecule has 0 bridgehead atoms. The molecule has 0 aliphatic carbocycles. The number of carbonyl (C=O) groups excluding carboxylic acids is 1. The Morgan fingerprint density at radius 2 is 2.23 bits per heavy atom. The molecule has 1 aromatic heterocycles. The van der Waals surface area contributed by atoms with Gasteiger partial charge in [0, 0.05) is 25.3 Å². The van der Waals surface area contributed by atoms with Crippen LogP contribution in [0.3, 0.4) is 0 Å². The Balaban J connectivity index is 1.64. The number of nitrogens with zero attached hydrogens (tertiary/aromatic N) is 2. The quantitative estimate of drug-likeness (QED) is 0.946. The molecular weight excluding hydrogens is 305 g/mol. The van der Waals surface area contributed by atoms with Crippen molar-refractivity contribution in [2.45, 2.75) is 12.5 Å². The second-order valence-corrected chi connectivity index (χ2v) is 5.62. The summed E-state index contributed by atoms with van der Waals surface area (Å²) in [5.41, 5.74) is 0.291. The molecular formula is C16H15ClFN3O. The van der Waals surface area contributed by atoms with Crippen LogP contribution in [0.5, 0.6) is 0 Å². The van der Waals surface area contributed by atoms with Gasteiger partial charge < -0.3 is 10.2 Å². The second-order valence-electron chi connectivity index (χ2n) is 5.22. The highest BCUT2D eigenvalue weighted by Gasteiger charge is 2.25. The largest absolute Gasteiger partial charge is 0.354 e. The van der Waals surface area contributed by atoms with Gasteiger partial charge in [0.25, 0.3) is 5.91 Å². The summed E-state index contributed by atoms with van der Waals surface area (Å²) in [4.78, 5) is 18.7. The Morgan fingerprint density at radius 3 is 2.95 bits per heavy atom. The molecule has 1 aliphatic heterocycles. The number of halogens is 2. The van der Waals surface area contributed by atoms with Gasteiger partial charge >= 0.3 is 0 Å². The van der Waals surface area contributed by atoms with Crippen molar-refractivity contribution in [3.8, 4) is 0 Å². The molecule has 4 nitrogen and oxygen atoms in total. The van der Waals surface area contributed by atoms with Gasteiger partial charge in [0.15, 0.2) is 0 Å². The Hall–Kier alpha value is -2.14. The van der Waals surface area contributed by atoms with Gasteiger partial charge in [0.05, 0.1) is 10.6 Å². The van der Waals surface area contributed by atoms with Gasteiger partial charge in [-0.2, -0.15) is 0 Å². The average molecular weight is 320 g/mol. The first-order valence-electron chi connectivity index (χ1n) is 7.05. The van der Waals surface area contributed by atoms with Gasteiger partial charge in [-0.1, -0.05) is 17.7 Å². The van der Waals surface area contributed by atoms with E-state index in [0.717, 1.165) is 24.8 Å². The van der Waals surface area contributed by atoms with Crippen LogP contribution in [0.2, 0.25) is 5.02 Å². The number of carbonyl (C=O) groups is 1. The van der Waals surface area contributed by atoms with Crippen LogP contribution in [0.1, 0.15) is 16.8 Å². The Morgan fingerprint density at radius 1 is 1.36 bits per heavy atom. The number of hydrogen-bond donors (Lipinski definition) is 1. The lowest BCUT2D eigenvalue weighted by molar-refractivity contribution is 0.0940. The molecule has 1 aromatic carbocycles. The average Bonchev–Trinajstić information content (AvgIpc) is 2.96. The summed E-state index contributed by atoms with van der Waals surface area (Å²) in [7, 11) is 0. The first-order valence-corrected chi connectivity index (χ1v) is 7.43. The first-order chi connectivity index (χ1) is 10.6. The highest BCUT2D eigenvalue weighted by Crippen LogP contribution is 2.20. The fourth-order valence-corrected chi connectivity index (χ4v) is 2.82. The predicted octanol–water partition coefficient (Wildman–Crippen LogP) is 2.88. The maximum Gasteiger partial charge on any atom is 0.253 e. The molecule has 22 heavy (non-hydrogen) atoms. The normalized spacial score (nSPS) is 17.5. The molecule has 6 heteroatoms. The maximum atomic E-state index is 13.0. The molecule has 114 valence electrons. The van der Waals surface area contributed by atoms with Crippen LogP contribution in [0.25, 0.3) is 0 Å². The molecule has 1 N–H and O–H groups in total. The van der Waals surface area contributed by atoms with Crippen LogP contribution < -0.4 is 10.2 Å². The molecule has 3 rings (SSSR count). The lowest BCUT2D eigenvalue weighted by Gasteiger charge is -2.18. The third kappa shape index (κ3) is 3.20. The number of pyridine rings is 1.